The largest absolute Gasteiger partial charge is 0.462 e. The zero-order valence-corrected chi connectivity index (χ0v) is 13.2. The first-order chi connectivity index (χ1) is 10.2. The van der Waals surface area contributed by atoms with Crippen molar-refractivity contribution in [3.05, 3.63) is 58.6 Å². The summed E-state index contributed by atoms with van der Waals surface area (Å²) in [6, 6.07) is 15.4. The molecule has 4 heteroatoms. The molecule has 0 radical (unpaired) electrons. The molecule has 110 valence electrons. The van der Waals surface area contributed by atoms with E-state index in [1.165, 1.54) is 0 Å². The Balaban J connectivity index is 1.98. The van der Waals surface area contributed by atoms with Crippen LogP contribution in [0.15, 0.2) is 53.0 Å². The number of carbonyl (C=O) groups is 1. The summed E-state index contributed by atoms with van der Waals surface area (Å²) in [6.45, 7) is 0.466. The van der Waals surface area contributed by atoms with Crippen LogP contribution in [-0.4, -0.2) is 24.3 Å². The lowest BCUT2D eigenvalue weighted by atomic mass is 10.0. The van der Waals surface area contributed by atoms with Gasteiger partial charge in [-0.15, -0.1) is 0 Å². The number of benzene rings is 2. The number of esters is 1. The molecule has 1 N–H and O–H groups in total. The second-order valence-electron chi connectivity index (χ2n) is 4.65. The molecule has 0 amide bonds. The quantitative estimate of drug-likeness (QED) is 0.632. The number of rotatable bonds is 6. The standard InChI is InChI=1S/C17H17BrO3/c18-16-9-7-14(8-10-16)13-3-5-15(6-4-13)17(20)21-12-2-1-11-19/h3-10,19H,1-2,11-12H2. The van der Waals surface area contributed by atoms with Crippen LogP contribution in [0.2, 0.25) is 0 Å². The molecule has 21 heavy (non-hydrogen) atoms. The van der Waals surface area contributed by atoms with Gasteiger partial charge in [-0.05, 0) is 48.2 Å². The third-order valence-corrected chi connectivity index (χ3v) is 3.61. The molecule has 0 spiro atoms. The molecule has 0 aliphatic rings. The van der Waals surface area contributed by atoms with Crippen molar-refractivity contribution in [2.75, 3.05) is 13.2 Å². The van der Waals surface area contributed by atoms with Gasteiger partial charge in [0, 0.05) is 11.1 Å². The molecule has 2 aromatic rings. The van der Waals surface area contributed by atoms with E-state index in [0.717, 1.165) is 15.6 Å². The Morgan fingerprint density at radius 3 is 2.10 bits per heavy atom. The third-order valence-electron chi connectivity index (χ3n) is 3.08. The number of carbonyl (C=O) groups excluding carboxylic acids is 1. The number of halogens is 1. The zero-order valence-electron chi connectivity index (χ0n) is 11.6. The molecule has 0 aliphatic heterocycles. The van der Waals surface area contributed by atoms with Gasteiger partial charge in [-0.25, -0.2) is 4.79 Å². The maximum Gasteiger partial charge on any atom is 0.338 e. The fourth-order valence-electron chi connectivity index (χ4n) is 1.90. The van der Waals surface area contributed by atoms with Gasteiger partial charge in [-0.2, -0.15) is 0 Å². The lowest BCUT2D eigenvalue weighted by Gasteiger charge is -2.06. The number of hydrogen-bond acceptors (Lipinski definition) is 3. The van der Waals surface area contributed by atoms with Gasteiger partial charge >= 0.3 is 5.97 Å². The van der Waals surface area contributed by atoms with Gasteiger partial charge in [-0.3, -0.25) is 0 Å². The molecule has 0 fully saturated rings. The normalized spacial score (nSPS) is 10.4. The summed E-state index contributed by atoms with van der Waals surface area (Å²) >= 11 is 3.41. The molecule has 0 atom stereocenters. The molecule has 2 aromatic carbocycles. The average Bonchev–Trinajstić information content (AvgIpc) is 2.52. The van der Waals surface area contributed by atoms with Crippen LogP contribution in [0.25, 0.3) is 11.1 Å². The SMILES string of the molecule is O=C(OCCCCO)c1ccc(-c2ccc(Br)cc2)cc1. The summed E-state index contributed by atoms with van der Waals surface area (Å²) in [4.78, 5) is 11.8. The Bertz CT molecular complexity index is 576. The molecule has 3 nitrogen and oxygen atoms in total. The number of unbranched alkanes of at least 4 members (excludes halogenated alkanes) is 1. The van der Waals surface area contributed by atoms with Gasteiger partial charge in [0.05, 0.1) is 12.2 Å². The smallest absolute Gasteiger partial charge is 0.338 e. The van der Waals surface area contributed by atoms with Crippen LogP contribution in [0.4, 0.5) is 0 Å². The van der Waals surface area contributed by atoms with Crippen molar-refractivity contribution in [1.29, 1.82) is 0 Å². The van der Waals surface area contributed by atoms with Crippen molar-refractivity contribution in [1.82, 2.24) is 0 Å². The first-order valence-electron chi connectivity index (χ1n) is 6.84. The van der Waals surface area contributed by atoms with Crippen LogP contribution in [-0.2, 0) is 4.74 Å². The topological polar surface area (TPSA) is 46.5 Å². The molecule has 2 rings (SSSR count). The van der Waals surface area contributed by atoms with Crippen LogP contribution in [0.5, 0.6) is 0 Å². The minimum atomic E-state index is -0.324. The Hall–Kier alpha value is -1.65. The fourth-order valence-corrected chi connectivity index (χ4v) is 2.17. The molecular weight excluding hydrogens is 332 g/mol. The number of aliphatic hydroxyl groups is 1. The first-order valence-corrected chi connectivity index (χ1v) is 7.64. The fraction of sp³-hybridized carbons (Fsp3) is 0.235. The molecule has 0 aliphatic carbocycles. The summed E-state index contributed by atoms with van der Waals surface area (Å²) in [5.41, 5.74) is 2.69. The van der Waals surface area contributed by atoms with Gasteiger partial charge < -0.3 is 9.84 Å². The van der Waals surface area contributed by atoms with Crippen molar-refractivity contribution in [2.45, 2.75) is 12.8 Å². The predicted octanol–water partition coefficient (Wildman–Crippen LogP) is 4.05. The Morgan fingerprint density at radius 2 is 1.52 bits per heavy atom. The van der Waals surface area contributed by atoms with Gasteiger partial charge in [0.15, 0.2) is 0 Å². The Kier molecular flexibility index (Phi) is 5.96. The summed E-state index contributed by atoms with van der Waals surface area (Å²) in [6.07, 6.45) is 1.33. The van der Waals surface area contributed by atoms with E-state index in [1.54, 1.807) is 12.1 Å². The van der Waals surface area contributed by atoms with E-state index >= 15 is 0 Å². The minimum absolute atomic E-state index is 0.124. The molecule has 0 unspecified atom stereocenters. The van der Waals surface area contributed by atoms with Crippen LogP contribution < -0.4 is 0 Å². The second-order valence-corrected chi connectivity index (χ2v) is 5.57. The summed E-state index contributed by atoms with van der Waals surface area (Å²) in [5.74, 6) is -0.324. The Labute approximate surface area is 132 Å². The van der Waals surface area contributed by atoms with E-state index in [2.05, 4.69) is 15.9 Å². The first kappa shape index (κ1) is 15.7. The van der Waals surface area contributed by atoms with Crippen molar-refractivity contribution in [2.24, 2.45) is 0 Å². The van der Waals surface area contributed by atoms with E-state index in [-0.39, 0.29) is 12.6 Å². The Morgan fingerprint density at radius 1 is 0.952 bits per heavy atom. The molecule has 0 heterocycles. The van der Waals surface area contributed by atoms with Crippen LogP contribution in [0.1, 0.15) is 23.2 Å². The maximum atomic E-state index is 11.8. The van der Waals surface area contributed by atoms with Gasteiger partial charge in [0.1, 0.15) is 0 Å². The average molecular weight is 349 g/mol. The van der Waals surface area contributed by atoms with Crippen LogP contribution in [0, 0.1) is 0 Å². The summed E-state index contributed by atoms with van der Waals surface area (Å²) in [7, 11) is 0. The highest BCUT2D eigenvalue weighted by Crippen LogP contribution is 2.22. The minimum Gasteiger partial charge on any atom is -0.462 e. The van der Waals surface area contributed by atoms with Crippen molar-refractivity contribution in [3.63, 3.8) is 0 Å². The van der Waals surface area contributed by atoms with Gasteiger partial charge in [0.2, 0.25) is 0 Å². The highest BCUT2D eigenvalue weighted by Gasteiger charge is 2.07. The number of aliphatic hydroxyl groups excluding tert-OH is 1. The van der Waals surface area contributed by atoms with E-state index in [0.29, 0.717) is 25.0 Å². The number of hydrogen-bond donors (Lipinski definition) is 1. The van der Waals surface area contributed by atoms with Gasteiger partial charge in [0.25, 0.3) is 0 Å². The van der Waals surface area contributed by atoms with E-state index < -0.39 is 0 Å². The lowest BCUT2D eigenvalue weighted by molar-refractivity contribution is 0.0492. The van der Waals surface area contributed by atoms with E-state index in [4.69, 9.17) is 9.84 Å². The highest BCUT2D eigenvalue weighted by atomic mass is 79.9. The third kappa shape index (κ3) is 4.69. The van der Waals surface area contributed by atoms with E-state index in [1.807, 2.05) is 36.4 Å². The molecule has 0 bridgehead atoms. The lowest BCUT2D eigenvalue weighted by Crippen LogP contribution is -2.06. The predicted molar refractivity (Wildman–Crippen MR) is 86.2 cm³/mol. The maximum absolute atomic E-state index is 11.8. The number of ether oxygens (including phenoxy) is 1. The second kappa shape index (κ2) is 7.96. The summed E-state index contributed by atoms with van der Waals surface area (Å²) in [5, 5.41) is 8.66. The molecular formula is C17H17BrO3. The van der Waals surface area contributed by atoms with Gasteiger partial charge in [-0.1, -0.05) is 40.2 Å². The highest BCUT2D eigenvalue weighted by molar-refractivity contribution is 9.10. The van der Waals surface area contributed by atoms with Crippen molar-refractivity contribution in [3.8, 4) is 11.1 Å². The van der Waals surface area contributed by atoms with E-state index in [9.17, 15) is 4.79 Å². The summed E-state index contributed by atoms with van der Waals surface area (Å²) < 4.78 is 6.17. The van der Waals surface area contributed by atoms with Crippen LogP contribution >= 0.6 is 15.9 Å². The zero-order chi connectivity index (χ0) is 15.1. The van der Waals surface area contributed by atoms with Crippen molar-refractivity contribution < 1.29 is 14.6 Å². The van der Waals surface area contributed by atoms with Crippen LogP contribution in [0.3, 0.4) is 0 Å². The molecule has 0 aromatic heterocycles. The molecule has 0 saturated carbocycles. The molecule has 0 saturated heterocycles. The monoisotopic (exact) mass is 348 g/mol. The van der Waals surface area contributed by atoms with Crippen molar-refractivity contribution >= 4 is 21.9 Å².